The molecule has 22 heteroatoms. The summed E-state index contributed by atoms with van der Waals surface area (Å²) in [5.74, 6) is -2.17. The van der Waals surface area contributed by atoms with Crippen LogP contribution in [0.2, 0.25) is 0 Å². The number of carbonyl (C=O) groups is 6. The topological polar surface area (TPSA) is 262 Å². The van der Waals surface area contributed by atoms with Gasteiger partial charge in [-0.2, -0.15) is 0 Å². The lowest BCUT2D eigenvalue weighted by atomic mass is 9.85. The van der Waals surface area contributed by atoms with Gasteiger partial charge >= 0.3 is 24.2 Å². The summed E-state index contributed by atoms with van der Waals surface area (Å²) in [6.07, 6.45) is -2.09. The molecule has 0 aliphatic heterocycles. The molecule has 0 radical (unpaired) electrons. The summed E-state index contributed by atoms with van der Waals surface area (Å²) < 4.78 is 48.7. The number of amides is 5. The van der Waals surface area contributed by atoms with Gasteiger partial charge in [-0.3, -0.25) is 24.8 Å². The summed E-state index contributed by atoms with van der Waals surface area (Å²) >= 11 is 0. The molecule has 0 saturated heterocycles. The van der Waals surface area contributed by atoms with Crippen LogP contribution in [-0.2, 0) is 70.0 Å². The van der Waals surface area contributed by atoms with E-state index in [1.807, 2.05) is 72.8 Å². The quantitative estimate of drug-likeness (QED) is 0.0228. The molecule has 0 fully saturated rings. The Morgan fingerprint density at radius 3 is 1.66 bits per heavy atom. The zero-order valence-electron chi connectivity index (χ0n) is 46.7. The first-order valence-electron chi connectivity index (χ1n) is 25.6. The fourth-order valence-electron chi connectivity index (χ4n) is 7.23. The number of aromatic nitrogens is 1. The molecule has 0 aliphatic carbocycles. The molecule has 0 unspecified atom stereocenters. The van der Waals surface area contributed by atoms with Gasteiger partial charge in [0.2, 0.25) is 5.91 Å². The van der Waals surface area contributed by atoms with E-state index in [0.29, 0.717) is 51.8 Å². The first-order valence-corrected chi connectivity index (χ1v) is 25.6. The van der Waals surface area contributed by atoms with Crippen LogP contribution in [0.1, 0.15) is 73.4 Å². The number of nitrogens with one attached hydrogen (secondary N) is 5. The highest BCUT2D eigenvalue weighted by Gasteiger charge is 2.39. The lowest BCUT2D eigenvalue weighted by Crippen LogP contribution is -2.61. The molecule has 4 atom stereocenters. The van der Waals surface area contributed by atoms with Gasteiger partial charge in [-0.15, -0.1) is 0 Å². The van der Waals surface area contributed by atoms with E-state index >= 15 is 0 Å². The van der Waals surface area contributed by atoms with E-state index in [0.717, 1.165) is 16.8 Å². The van der Waals surface area contributed by atoms with Crippen LogP contribution in [-0.4, -0.2) is 169 Å². The third kappa shape index (κ3) is 26.9. The van der Waals surface area contributed by atoms with Gasteiger partial charge in [0.15, 0.2) is 0 Å². The van der Waals surface area contributed by atoms with Crippen LogP contribution in [0.4, 0.5) is 14.4 Å². The molecule has 5 N–H and O–H groups in total. The molecule has 2 aromatic carbocycles. The molecule has 0 bridgehead atoms. The van der Waals surface area contributed by atoms with Crippen molar-refractivity contribution in [1.82, 2.24) is 36.7 Å². The minimum Gasteiger partial charge on any atom is -0.457 e. The fraction of sp³-hybridized carbons (Fsp3) is 0.582. The lowest BCUT2D eigenvalue weighted by Gasteiger charge is -2.37. The number of pyridine rings is 1. The maximum atomic E-state index is 14.7. The normalized spacial score (nSPS) is 13.3. The first kappa shape index (κ1) is 64.9. The molecule has 1 aromatic heterocycles. The smallest absolute Gasteiger partial charge is 0.408 e. The average Bonchev–Trinajstić information content (AvgIpc) is 3.36. The van der Waals surface area contributed by atoms with Crippen LogP contribution in [0.3, 0.4) is 0 Å². The summed E-state index contributed by atoms with van der Waals surface area (Å²) in [7, 11) is 2.80. The molecule has 5 amide bonds. The molecule has 1 heterocycles. The van der Waals surface area contributed by atoms with Gasteiger partial charge in [-0.25, -0.2) is 19.4 Å². The molecule has 428 valence electrons. The van der Waals surface area contributed by atoms with E-state index in [-0.39, 0.29) is 39.3 Å². The van der Waals surface area contributed by atoms with E-state index in [1.165, 1.54) is 12.1 Å². The summed E-state index contributed by atoms with van der Waals surface area (Å²) in [6, 6.07) is 18.8. The Labute approximate surface area is 453 Å². The minimum atomic E-state index is -1.28. The van der Waals surface area contributed by atoms with Crippen molar-refractivity contribution in [1.29, 1.82) is 0 Å². The number of carbonyl (C=O) groups excluding carboxylic acids is 6. The Morgan fingerprint density at radius 1 is 0.584 bits per heavy atom. The number of methoxy groups -OCH3 is 2. The number of alkyl carbamates (subject to hydrolysis) is 3. The largest absolute Gasteiger partial charge is 0.457 e. The SMILES string of the molecule is COCCOCCOCCOCCOCCOC(=O)N[C@H](C(=O)N[C@@H](Cc1ccccc1)[C@H](CN(Cc1ccc(-c2ccccn2)cc1)NC(=O)[C@@H](NC(=O)OC)C(C)(C)C)OC(=O)CNC(=O)OC(C)(C)C)C(C)(C)C. The number of rotatable bonds is 32. The summed E-state index contributed by atoms with van der Waals surface area (Å²) in [6.45, 7) is 17.9. The average molecular weight is 1080 g/mol. The van der Waals surface area contributed by atoms with E-state index in [9.17, 15) is 28.8 Å². The van der Waals surface area contributed by atoms with Crippen LogP contribution in [0.5, 0.6) is 0 Å². The highest BCUT2D eigenvalue weighted by Crippen LogP contribution is 2.24. The zero-order valence-corrected chi connectivity index (χ0v) is 46.7. The maximum Gasteiger partial charge on any atom is 0.408 e. The summed E-state index contributed by atoms with van der Waals surface area (Å²) in [5, 5.41) is 12.3. The number of hydrogen-bond acceptors (Lipinski definition) is 17. The van der Waals surface area contributed by atoms with Crippen LogP contribution < -0.4 is 26.7 Å². The number of benzene rings is 2. The van der Waals surface area contributed by atoms with E-state index < -0.39 is 83.3 Å². The molecule has 0 spiro atoms. The third-order valence-electron chi connectivity index (χ3n) is 11.1. The third-order valence-corrected chi connectivity index (χ3v) is 11.1. The van der Waals surface area contributed by atoms with Gasteiger partial charge in [0.1, 0.15) is 36.9 Å². The van der Waals surface area contributed by atoms with Gasteiger partial charge in [0.05, 0.1) is 84.9 Å². The Hall–Kier alpha value is -6.43. The van der Waals surface area contributed by atoms with Gasteiger partial charge < -0.3 is 63.9 Å². The molecule has 0 aliphatic rings. The molecule has 0 saturated carbocycles. The summed E-state index contributed by atoms with van der Waals surface area (Å²) in [5.41, 5.74) is 3.39. The van der Waals surface area contributed by atoms with Crippen molar-refractivity contribution in [3.8, 4) is 11.3 Å². The molecular formula is C55H83N7O15. The van der Waals surface area contributed by atoms with Crippen molar-refractivity contribution in [3.63, 3.8) is 0 Å². The fourth-order valence-corrected chi connectivity index (χ4v) is 7.23. The van der Waals surface area contributed by atoms with E-state index in [1.54, 1.807) is 75.6 Å². The zero-order chi connectivity index (χ0) is 56.9. The monoisotopic (exact) mass is 1080 g/mol. The molecule has 3 rings (SSSR count). The highest BCUT2D eigenvalue weighted by molar-refractivity contribution is 5.87. The van der Waals surface area contributed by atoms with Crippen molar-refractivity contribution in [2.45, 2.75) is 105 Å². The van der Waals surface area contributed by atoms with Crippen molar-refractivity contribution < 1.29 is 71.4 Å². The van der Waals surface area contributed by atoms with Crippen molar-refractivity contribution in [2.75, 3.05) is 93.4 Å². The van der Waals surface area contributed by atoms with Crippen molar-refractivity contribution in [2.24, 2.45) is 10.8 Å². The van der Waals surface area contributed by atoms with Crippen LogP contribution in [0.25, 0.3) is 11.3 Å². The standard InChI is InChI=1S/C55H83N7O15/c1-53(2,3)46(60-52(68)75-34-33-74-32-31-73-30-29-72-28-27-71-26-25-69-10)48(64)58-43(35-39-17-13-12-14-18-39)44(76-45(63)36-57-50(66)77-55(7,8)9)38-62(61-49(65)47(54(4,5)6)59-51(67)70-11)37-40-20-22-41(23-21-40)42-19-15-16-24-56-42/h12-24,43-44,46-47H,25-38H2,1-11H3,(H,57,66)(H,58,64)(H,59,67)(H,60,68)(H,61,65)/t43-,44-,46+,47+/m0/s1. The van der Waals surface area contributed by atoms with Gasteiger partial charge in [-0.05, 0) is 61.3 Å². The Morgan fingerprint density at radius 2 is 1.13 bits per heavy atom. The van der Waals surface area contributed by atoms with E-state index in [2.05, 4.69) is 31.7 Å². The van der Waals surface area contributed by atoms with Gasteiger partial charge in [-0.1, -0.05) is 102 Å². The second kappa shape index (κ2) is 33.7. The number of hydrogen-bond donors (Lipinski definition) is 5. The number of nitrogens with zero attached hydrogens (tertiary/aromatic N) is 2. The maximum absolute atomic E-state index is 14.7. The van der Waals surface area contributed by atoms with Crippen molar-refractivity contribution in [3.05, 3.63) is 90.1 Å². The molecule has 77 heavy (non-hydrogen) atoms. The predicted molar refractivity (Wildman–Crippen MR) is 286 cm³/mol. The lowest BCUT2D eigenvalue weighted by molar-refractivity contribution is -0.153. The molecule has 22 nitrogen and oxygen atoms in total. The van der Waals surface area contributed by atoms with Gasteiger partial charge in [0, 0.05) is 25.4 Å². The Balaban J connectivity index is 1.93. The van der Waals surface area contributed by atoms with Crippen LogP contribution in [0, 0.1) is 10.8 Å². The Bertz CT molecular complexity index is 2220. The Kier molecular flexibility index (Phi) is 28.4. The number of esters is 1. The van der Waals surface area contributed by atoms with E-state index in [4.69, 9.17) is 42.6 Å². The first-order chi connectivity index (χ1) is 36.5. The van der Waals surface area contributed by atoms with Crippen LogP contribution >= 0.6 is 0 Å². The van der Waals surface area contributed by atoms with Crippen molar-refractivity contribution >= 4 is 36.1 Å². The predicted octanol–water partition coefficient (Wildman–Crippen LogP) is 5.37. The second-order valence-corrected chi connectivity index (χ2v) is 20.9. The summed E-state index contributed by atoms with van der Waals surface area (Å²) in [4.78, 5) is 86.1. The number of ether oxygens (including phenoxy) is 9. The van der Waals surface area contributed by atoms with Gasteiger partial charge in [0.25, 0.3) is 5.91 Å². The highest BCUT2D eigenvalue weighted by atomic mass is 16.6. The van der Waals surface area contributed by atoms with Crippen LogP contribution in [0.15, 0.2) is 79.0 Å². The molecular weight excluding hydrogens is 999 g/mol. The molecule has 3 aromatic rings. The number of hydrazine groups is 1. The minimum absolute atomic E-state index is 0.0236. The second-order valence-electron chi connectivity index (χ2n) is 20.9.